The molecule has 0 aromatic rings. The molecule has 0 radical (unpaired) electrons. The molecule has 6 nitrogen and oxygen atoms in total. The van der Waals surface area contributed by atoms with Gasteiger partial charge in [0, 0.05) is 77.3 Å². The molecule has 8 atom stereocenters. The van der Waals surface area contributed by atoms with Crippen molar-refractivity contribution in [1.29, 1.82) is 0 Å². The van der Waals surface area contributed by atoms with E-state index in [1.54, 1.807) is 0 Å². The molecule has 0 aromatic heterocycles. The summed E-state index contributed by atoms with van der Waals surface area (Å²) in [7, 11) is 0. The fourth-order valence-corrected chi connectivity index (χ4v) is 14.4. The number of carbonyl (C=O) groups excluding carboxylic acids is 2. The van der Waals surface area contributed by atoms with Crippen LogP contribution in [0, 0.1) is 46.3 Å². The molecule has 2 heterocycles. The summed E-state index contributed by atoms with van der Waals surface area (Å²) in [6.07, 6.45) is 25.2. The summed E-state index contributed by atoms with van der Waals surface area (Å²) in [5.74, 6) is 4.93. The van der Waals surface area contributed by atoms with Gasteiger partial charge in [0.25, 0.3) is 0 Å². The highest BCUT2D eigenvalue weighted by atomic mass is 16.2. The van der Waals surface area contributed by atoms with E-state index in [9.17, 15) is 9.59 Å². The monoisotopic (exact) mass is 719 g/mol. The van der Waals surface area contributed by atoms with Crippen LogP contribution in [0.25, 0.3) is 0 Å². The zero-order chi connectivity index (χ0) is 36.5. The quantitative estimate of drug-likeness (QED) is 0.212. The largest absolute Gasteiger partial charge is 0.340 e. The number of nitrogens with zero attached hydrogens (tertiary/aromatic N) is 4. The van der Waals surface area contributed by atoms with Gasteiger partial charge in [-0.1, -0.05) is 71.4 Å². The van der Waals surface area contributed by atoms with Gasteiger partial charge in [0.05, 0.1) is 0 Å². The lowest BCUT2D eigenvalue weighted by Crippen LogP contribution is -2.54. The molecule has 7 rings (SSSR count). The molecule has 5 saturated carbocycles. The summed E-state index contributed by atoms with van der Waals surface area (Å²) in [5, 5.41) is 0. The molecule has 2 saturated heterocycles. The Labute approximate surface area is 319 Å². The van der Waals surface area contributed by atoms with Crippen molar-refractivity contribution < 1.29 is 9.59 Å². The van der Waals surface area contributed by atoms with Gasteiger partial charge >= 0.3 is 0 Å². The molecule has 294 valence electrons. The molecule has 0 bridgehead atoms. The molecule has 5 aliphatic carbocycles. The van der Waals surface area contributed by atoms with Crippen molar-refractivity contribution in [2.24, 2.45) is 46.3 Å². The van der Waals surface area contributed by atoms with Gasteiger partial charge in [-0.3, -0.25) is 19.4 Å². The molecule has 2 aliphatic heterocycles. The Bertz CT molecular complexity index is 1220. The first-order valence-corrected chi connectivity index (χ1v) is 22.8. The minimum Gasteiger partial charge on any atom is -0.340 e. The van der Waals surface area contributed by atoms with Crippen LogP contribution in [0.1, 0.15) is 156 Å². The lowest BCUT2D eigenvalue weighted by molar-refractivity contribution is -0.136. The fourth-order valence-electron chi connectivity index (χ4n) is 14.4. The van der Waals surface area contributed by atoms with Gasteiger partial charge in [0.15, 0.2) is 0 Å². The maximum atomic E-state index is 13.8. The van der Waals surface area contributed by atoms with Crippen LogP contribution >= 0.6 is 0 Å². The average Bonchev–Trinajstić information content (AvgIpc) is 3.54. The van der Waals surface area contributed by atoms with Crippen LogP contribution < -0.4 is 0 Å². The third-order valence-electron chi connectivity index (χ3n) is 17.4. The normalized spacial score (nSPS) is 37.7. The lowest BCUT2D eigenvalue weighted by Gasteiger charge is -2.60. The van der Waals surface area contributed by atoms with Crippen molar-refractivity contribution in [3.8, 4) is 0 Å². The van der Waals surface area contributed by atoms with Crippen LogP contribution in [0.2, 0.25) is 0 Å². The molecule has 0 N–H and O–H groups in total. The summed E-state index contributed by atoms with van der Waals surface area (Å²) < 4.78 is 0. The summed E-state index contributed by atoms with van der Waals surface area (Å²) in [6.45, 7) is 22.6. The van der Waals surface area contributed by atoms with Crippen molar-refractivity contribution in [2.75, 3.05) is 52.4 Å². The highest BCUT2D eigenvalue weighted by Crippen LogP contribution is 2.68. The average molecular weight is 719 g/mol. The maximum Gasteiger partial charge on any atom is 0.222 e. The molecule has 0 aromatic carbocycles. The second kappa shape index (κ2) is 16.8. The van der Waals surface area contributed by atoms with Crippen LogP contribution in [-0.2, 0) is 9.59 Å². The van der Waals surface area contributed by atoms with Gasteiger partial charge < -0.3 is 9.80 Å². The van der Waals surface area contributed by atoms with Crippen molar-refractivity contribution >= 4 is 11.8 Å². The molecule has 52 heavy (non-hydrogen) atoms. The Balaban J connectivity index is 0.919. The number of carbonyl (C=O) groups is 2. The maximum absolute atomic E-state index is 13.8. The van der Waals surface area contributed by atoms with Gasteiger partial charge in [0.1, 0.15) is 0 Å². The smallest absolute Gasteiger partial charge is 0.222 e. The van der Waals surface area contributed by atoms with Crippen molar-refractivity contribution in [3.05, 3.63) is 12.2 Å². The number of amides is 2. The number of hydrogen-bond donors (Lipinski definition) is 0. The standard InChI is InChI=1S/C46H78N4O2/c1-34(2)39-18-17-38-41-20-19-40(35(3)16-21-43(51)49-30-26-47(27-31-49)36-12-8-6-9-13-36)46(41,5)24-22-42(38)45(39,4)25-23-44(52)50-32-28-48(29-33-50)37-14-10-7-11-15-37/h35-42H,1,6-33H2,2-5H3/t35-,38+,39?,40-,41+,42+,45+,46-/m1/s1. The molecule has 1 unspecified atom stereocenters. The van der Waals surface area contributed by atoms with Crippen molar-refractivity contribution in [3.63, 3.8) is 0 Å². The molecule has 0 spiro atoms. The first-order chi connectivity index (χ1) is 25.1. The minimum absolute atomic E-state index is 0.160. The van der Waals surface area contributed by atoms with Crippen LogP contribution in [-0.4, -0.2) is 95.9 Å². The molecular formula is C46H78N4O2. The summed E-state index contributed by atoms with van der Waals surface area (Å²) >= 11 is 0. The van der Waals surface area contributed by atoms with E-state index >= 15 is 0 Å². The van der Waals surface area contributed by atoms with E-state index in [0.717, 1.165) is 101 Å². The Hall–Kier alpha value is -1.40. The number of rotatable bonds is 10. The number of piperazine rings is 2. The van der Waals surface area contributed by atoms with Crippen LogP contribution in [0.4, 0.5) is 0 Å². The number of hydrogen-bond acceptors (Lipinski definition) is 4. The van der Waals surface area contributed by atoms with E-state index in [1.165, 1.54) is 108 Å². The zero-order valence-corrected chi connectivity index (χ0v) is 34.2. The Kier molecular flexibility index (Phi) is 12.5. The van der Waals surface area contributed by atoms with Gasteiger partial charge in [-0.2, -0.15) is 0 Å². The highest BCUT2D eigenvalue weighted by Gasteiger charge is 2.60. The molecular weight excluding hydrogens is 641 g/mol. The topological polar surface area (TPSA) is 47.1 Å². The van der Waals surface area contributed by atoms with E-state index in [-0.39, 0.29) is 5.41 Å². The second-order valence-electron chi connectivity index (χ2n) is 20.0. The number of fused-ring (bicyclic) bond motifs is 3. The van der Waals surface area contributed by atoms with Gasteiger partial charge in [-0.05, 0) is 130 Å². The third kappa shape index (κ3) is 7.96. The SMILES string of the molecule is C=C(C)C1CC[C@H]2[C@@H]3CC[C@H]([C@H](C)CCC(=O)N4CCN(C5CCCCC5)CC4)[C@@]3(C)CC[C@@H]2[C@@]1(C)CCC(=O)N1CCN(C2CCCCC2)CC1. The van der Waals surface area contributed by atoms with Gasteiger partial charge in [0.2, 0.25) is 11.8 Å². The van der Waals surface area contributed by atoms with Crippen LogP contribution in [0.3, 0.4) is 0 Å². The van der Waals surface area contributed by atoms with E-state index in [4.69, 9.17) is 0 Å². The number of allylic oxidation sites excluding steroid dienone is 1. The van der Waals surface area contributed by atoms with E-state index in [0.29, 0.717) is 41.4 Å². The first-order valence-electron chi connectivity index (χ1n) is 22.8. The Morgan fingerprint density at radius 2 is 1.19 bits per heavy atom. The second-order valence-corrected chi connectivity index (χ2v) is 20.0. The third-order valence-corrected chi connectivity index (χ3v) is 17.4. The Morgan fingerprint density at radius 1 is 0.654 bits per heavy atom. The summed E-state index contributed by atoms with van der Waals surface area (Å²) in [5.41, 5.74) is 1.90. The summed E-state index contributed by atoms with van der Waals surface area (Å²) in [4.78, 5) is 37.1. The predicted molar refractivity (Wildman–Crippen MR) is 214 cm³/mol. The van der Waals surface area contributed by atoms with Gasteiger partial charge in [-0.25, -0.2) is 0 Å². The molecule has 2 amide bonds. The predicted octanol–water partition coefficient (Wildman–Crippen LogP) is 9.19. The molecule has 7 fully saturated rings. The van der Waals surface area contributed by atoms with E-state index in [2.05, 4.69) is 53.9 Å². The van der Waals surface area contributed by atoms with Crippen molar-refractivity contribution in [1.82, 2.24) is 19.6 Å². The van der Waals surface area contributed by atoms with Crippen LogP contribution in [0.5, 0.6) is 0 Å². The molecule has 7 aliphatic rings. The van der Waals surface area contributed by atoms with E-state index < -0.39 is 0 Å². The van der Waals surface area contributed by atoms with E-state index in [1.807, 2.05) is 0 Å². The van der Waals surface area contributed by atoms with Gasteiger partial charge in [-0.15, -0.1) is 0 Å². The van der Waals surface area contributed by atoms with Crippen LogP contribution in [0.15, 0.2) is 12.2 Å². The summed E-state index contributed by atoms with van der Waals surface area (Å²) in [6, 6.07) is 1.53. The first kappa shape index (κ1) is 38.9. The molecule has 6 heteroatoms. The lowest BCUT2D eigenvalue weighted by atomic mass is 9.45. The Morgan fingerprint density at radius 3 is 1.73 bits per heavy atom. The van der Waals surface area contributed by atoms with Crippen molar-refractivity contribution in [2.45, 2.75) is 168 Å². The zero-order valence-electron chi connectivity index (χ0n) is 34.2. The highest BCUT2D eigenvalue weighted by molar-refractivity contribution is 5.76. The fraction of sp³-hybridized carbons (Fsp3) is 0.913. The minimum atomic E-state index is 0.160.